The normalized spacial score (nSPS) is 11.8. The number of carboxylic acid groups (broad SMARTS) is 1. The van der Waals surface area contributed by atoms with E-state index in [0.29, 0.717) is 23.5 Å². The van der Waals surface area contributed by atoms with Crippen molar-refractivity contribution in [3.63, 3.8) is 0 Å². The van der Waals surface area contributed by atoms with E-state index in [-0.39, 0.29) is 21.8 Å². The minimum absolute atomic E-state index is 0.0270. The predicted octanol–water partition coefficient (Wildman–Crippen LogP) is 5.97. The van der Waals surface area contributed by atoms with E-state index in [0.717, 1.165) is 16.3 Å². The summed E-state index contributed by atoms with van der Waals surface area (Å²) in [6.07, 6.45) is 0.347. The number of hydrogen-bond acceptors (Lipinski definition) is 4. The molecule has 1 atom stereocenters. The second-order valence-electron chi connectivity index (χ2n) is 7.58. The Morgan fingerprint density at radius 3 is 2.21 bits per heavy atom. The van der Waals surface area contributed by atoms with Gasteiger partial charge in [-0.05, 0) is 47.5 Å². The molecule has 1 amide bonds. The van der Waals surface area contributed by atoms with Crippen LogP contribution in [0.4, 0.5) is 5.69 Å². The molecule has 1 unspecified atom stereocenters. The van der Waals surface area contributed by atoms with Gasteiger partial charge in [0.15, 0.2) is 0 Å². The maximum absolute atomic E-state index is 12.6. The minimum Gasteiger partial charge on any atom is -0.481 e. The number of benzene rings is 3. The van der Waals surface area contributed by atoms with E-state index >= 15 is 0 Å². The van der Waals surface area contributed by atoms with Crippen molar-refractivity contribution >= 4 is 51.5 Å². The van der Waals surface area contributed by atoms with Crippen molar-refractivity contribution in [2.45, 2.75) is 19.3 Å². The van der Waals surface area contributed by atoms with Crippen molar-refractivity contribution in [3.8, 4) is 0 Å². The molecule has 6 nitrogen and oxygen atoms in total. The maximum atomic E-state index is 12.6. The highest BCUT2D eigenvalue weighted by Gasteiger charge is 2.23. The third-order valence-electron chi connectivity index (χ3n) is 5.29. The number of anilines is 1. The fourth-order valence-electron chi connectivity index (χ4n) is 3.44. The number of nitrogens with one attached hydrogen (secondary N) is 1. The van der Waals surface area contributed by atoms with Crippen LogP contribution in [0.15, 0.2) is 66.7 Å². The number of carboxylic acids is 1. The van der Waals surface area contributed by atoms with Gasteiger partial charge in [-0.15, -0.1) is 0 Å². The fourth-order valence-corrected chi connectivity index (χ4v) is 4.19. The second kappa shape index (κ2) is 9.57. The van der Waals surface area contributed by atoms with Gasteiger partial charge >= 0.3 is 5.97 Å². The third kappa shape index (κ3) is 5.13. The molecule has 33 heavy (non-hydrogen) atoms. The van der Waals surface area contributed by atoms with Crippen LogP contribution in [0.2, 0.25) is 10.3 Å². The lowest BCUT2D eigenvalue weighted by Gasteiger charge is -2.12. The largest absolute Gasteiger partial charge is 0.481 e. The van der Waals surface area contributed by atoms with Gasteiger partial charge < -0.3 is 10.4 Å². The molecule has 1 aromatic heterocycles. The standard InChI is InChI=1S/C25H19Cl2N3O3/c1-14(25(32)33)21-22(26)29-20(30-23(21)27)12-15-6-10-19(11-7-15)28-24(31)18-9-8-16-4-2-3-5-17(16)13-18/h2-11,13-14H,12H2,1H3,(H,28,31)(H,32,33). The summed E-state index contributed by atoms with van der Waals surface area (Å²) in [6.45, 7) is 1.48. The monoisotopic (exact) mass is 479 g/mol. The number of aromatic nitrogens is 2. The quantitative estimate of drug-likeness (QED) is 0.332. The van der Waals surface area contributed by atoms with E-state index in [1.54, 1.807) is 18.2 Å². The summed E-state index contributed by atoms with van der Waals surface area (Å²) in [4.78, 5) is 32.3. The highest BCUT2D eigenvalue weighted by Crippen LogP contribution is 2.29. The van der Waals surface area contributed by atoms with Crippen molar-refractivity contribution < 1.29 is 14.7 Å². The van der Waals surface area contributed by atoms with Crippen LogP contribution in [0.1, 0.15) is 40.2 Å². The molecule has 0 spiro atoms. The first-order valence-corrected chi connectivity index (χ1v) is 10.9. The molecule has 8 heteroatoms. The van der Waals surface area contributed by atoms with Crippen LogP contribution < -0.4 is 5.32 Å². The third-order valence-corrected chi connectivity index (χ3v) is 5.86. The summed E-state index contributed by atoms with van der Waals surface area (Å²) < 4.78 is 0. The number of aliphatic carboxylic acids is 1. The average molecular weight is 480 g/mol. The molecule has 4 rings (SSSR count). The van der Waals surface area contributed by atoms with Gasteiger partial charge in [0.2, 0.25) is 0 Å². The lowest BCUT2D eigenvalue weighted by molar-refractivity contribution is -0.138. The summed E-state index contributed by atoms with van der Waals surface area (Å²) in [7, 11) is 0. The second-order valence-corrected chi connectivity index (χ2v) is 8.30. The number of amides is 1. The summed E-state index contributed by atoms with van der Waals surface area (Å²) in [6, 6.07) is 20.7. The van der Waals surface area contributed by atoms with Gasteiger partial charge in [-0.1, -0.05) is 65.7 Å². The Labute approximate surface area is 200 Å². The summed E-state index contributed by atoms with van der Waals surface area (Å²) in [5, 5.41) is 14.2. The van der Waals surface area contributed by atoms with Gasteiger partial charge in [0.1, 0.15) is 16.1 Å². The Hall–Kier alpha value is -3.48. The fraction of sp³-hybridized carbons (Fsp3) is 0.120. The van der Waals surface area contributed by atoms with Crippen molar-refractivity contribution in [3.05, 3.63) is 99.6 Å². The maximum Gasteiger partial charge on any atom is 0.310 e. The number of rotatable bonds is 6. The number of fused-ring (bicyclic) bond motifs is 1. The molecule has 0 fully saturated rings. The Balaban J connectivity index is 1.46. The highest BCUT2D eigenvalue weighted by molar-refractivity contribution is 6.35. The molecule has 1 heterocycles. The highest BCUT2D eigenvalue weighted by atomic mass is 35.5. The van der Waals surface area contributed by atoms with Gasteiger partial charge in [-0.2, -0.15) is 0 Å². The molecule has 0 aliphatic heterocycles. The molecule has 0 bridgehead atoms. The smallest absolute Gasteiger partial charge is 0.310 e. The Morgan fingerprint density at radius 2 is 1.58 bits per heavy atom. The molecule has 0 aliphatic rings. The summed E-state index contributed by atoms with van der Waals surface area (Å²) in [5.74, 6) is -1.79. The van der Waals surface area contributed by atoms with Gasteiger partial charge in [-0.3, -0.25) is 9.59 Å². The SMILES string of the molecule is CC(C(=O)O)c1c(Cl)nc(Cc2ccc(NC(=O)c3ccc4ccccc4c3)cc2)nc1Cl. The minimum atomic E-state index is -1.06. The van der Waals surface area contributed by atoms with Gasteiger partial charge in [0, 0.05) is 23.2 Å². The van der Waals surface area contributed by atoms with Gasteiger partial charge in [0.25, 0.3) is 5.91 Å². The van der Waals surface area contributed by atoms with Crippen LogP contribution in [0.3, 0.4) is 0 Å². The topological polar surface area (TPSA) is 92.2 Å². The molecule has 2 N–H and O–H groups in total. The van der Waals surface area contributed by atoms with Gasteiger partial charge in [0.05, 0.1) is 5.92 Å². The number of nitrogens with zero attached hydrogens (tertiary/aromatic N) is 2. The Morgan fingerprint density at radius 1 is 0.939 bits per heavy atom. The Bertz CT molecular complexity index is 1330. The van der Waals surface area contributed by atoms with Crippen molar-refractivity contribution in [2.24, 2.45) is 0 Å². The number of hydrogen-bond donors (Lipinski definition) is 2. The molecular formula is C25H19Cl2N3O3. The van der Waals surface area contributed by atoms with Crippen molar-refractivity contribution in [2.75, 3.05) is 5.32 Å². The summed E-state index contributed by atoms with van der Waals surface area (Å²) in [5.41, 5.74) is 2.30. The van der Waals surface area contributed by atoms with Gasteiger partial charge in [-0.25, -0.2) is 9.97 Å². The molecule has 166 valence electrons. The van der Waals surface area contributed by atoms with E-state index in [4.69, 9.17) is 23.2 Å². The van der Waals surface area contributed by atoms with E-state index in [2.05, 4.69) is 15.3 Å². The van der Waals surface area contributed by atoms with Crippen molar-refractivity contribution in [1.82, 2.24) is 9.97 Å². The van der Waals surface area contributed by atoms with E-state index < -0.39 is 11.9 Å². The van der Waals surface area contributed by atoms with Crippen LogP contribution >= 0.6 is 23.2 Å². The zero-order valence-electron chi connectivity index (χ0n) is 17.5. The molecule has 3 aromatic carbocycles. The van der Waals surface area contributed by atoms with Crippen LogP contribution in [0, 0.1) is 0 Å². The lowest BCUT2D eigenvalue weighted by atomic mass is 10.1. The molecule has 0 radical (unpaired) electrons. The van der Waals surface area contributed by atoms with E-state index in [9.17, 15) is 14.7 Å². The number of carbonyl (C=O) groups is 2. The van der Waals surface area contributed by atoms with Crippen LogP contribution in [0.5, 0.6) is 0 Å². The van der Waals surface area contributed by atoms with Crippen molar-refractivity contribution in [1.29, 1.82) is 0 Å². The number of halogens is 2. The molecular weight excluding hydrogens is 461 g/mol. The van der Waals surface area contributed by atoms with Crippen LogP contribution in [-0.4, -0.2) is 27.0 Å². The first-order valence-electron chi connectivity index (χ1n) is 10.2. The first kappa shape index (κ1) is 22.7. The first-order chi connectivity index (χ1) is 15.8. The van der Waals surface area contributed by atoms with Crippen LogP contribution in [0.25, 0.3) is 10.8 Å². The summed E-state index contributed by atoms with van der Waals surface area (Å²) >= 11 is 12.3. The number of carbonyl (C=O) groups excluding carboxylic acids is 1. The zero-order valence-corrected chi connectivity index (χ0v) is 19.1. The molecule has 0 saturated carbocycles. The zero-order chi connectivity index (χ0) is 23.5. The van der Waals surface area contributed by atoms with E-state index in [1.165, 1.54) is 6.92 Å². The Kier molecular flexibility index (Phi) is 6.58. The molecule has 4 aromatic rings. The lowest BCUT2D eigenvalue weighted by Crippen LogP contribution is -2.12. The van der Waals surface area contributed by atoms with Crippen LogP contribution in [-0.2, 0) is 11.2 Å². The average Bonchev–Trinajstić information content (AvgIpc) is 2.79. The predicted molar refractivity (Wildman–Crippen MR) is 129 cm³/mol. The van der Waals surface area contributed by atoms with E-state index in [1.807, 2.05) is 48.5 Å². The molecule has 0 saturated heterocycles. The molecule has 0 aliphatic carbocycles.